The maximum Gasteiger partial charge on any atom is 0.129 e. The first-order chi connectivity index (χ1) is 10.2. The third kappa shape index (κ3) is 3.31. The molecule has 21 heavy (non-hydrogen) atoms. The van der Waals surface area contributed by atoms with Crippen molar-refractivity contribution in [2.24, 2.45) is 0 Å². The van der Waals surface area contributed by atoms with Crippen LogP contribution in [0.15, 0.2) is 65.4 Å². The van der Waals surface area contributed by atoms with Crippen molar-refractivity contribution in [1.29, 1.82) is 0 Å². The molecule has 0 bridgehead atoms. The van der Waals surface area contributed by atoms with Crippen LogP contribution in [0.25, 0.3) is 5.69 Å². The van der Waals surface area contributed by atoms with Crippen molar-refractivity contribution in [1.82, 2.24) is 9.78 Å². The molecule has 1 heterocycles. The minimum atomic E-state index is -0.222. The molecule has 2 aromatic carbocycles. The molecular formula is C16H13BrFN3. The zero-order chi connectivity index (χ0) is 14.7. The van der Waals surface area contributed by atoms with Crippen molar-refractivity contribution in [3.8, 4) is 5.69 Å². The summed E-state index contributed by atoms with van der Waals surface area (Å²) in [6.45, 7) is 0.432. The van der Waals surface area contributed by atoms with Gasteiger partial charge in [-0.05, 0) is 36.4 Å². The zero-order valence-electron chi connectivity index (χ0n) is 11.1. The monoisotopic (exact) mass is 345 g/mol. The van der Waals surface area contributed by atoms with Gasteiger partial charge in [0.15, 0.2) is 0 Å². The Kier molecular flexibility index (Phi) is 4.01. The van der Waals surface area contributed by atoms with Crippen LogP contribution in [0.2, 0.25) is 0 Å². The van der Waals surface area contributed by atoms with E-state index < -0.39 is 0 Å². The van der Waals surface area contributed by atoms with Gasteiger partial charge >= 0.3 is 0 Å². The lowest BCUT2D eigenvalue weighted by atomic mass is 10.2. The first-order valence-corrected chi connectivity index (χ1v) is 7.29. The molecule has 0 amide bonds. The van der Waals surface area contributed by atoms with E-state index in [4.69, 9.17) is 0 Å². The van der Waals surface area contributed by atoms with Crippen LogP contribution in [-0.2, 0) is 6.54 Å². The average molecular weight is 346 g/mol. The van der Waals surface area contributed by atoms with Crippen molar-refractivity contribution in [3.05, 3.63) is 76.8 Å². The van der Waals surface area contributed by atoms with E-state index in [-0.39, 0.29) is 5.82 Å². The lowest BCUT2D eigenvalue weighted by Crippen LogP contribution is -2.03. The van der Waals surface area contributed by atoms with Crippen molar-refractivity contribution in [2.45, 2.75) is 6.54 Å². The molecular weight excluding hydrogens is 333 g/mol. The summed E-state index contributed by atoms with van der Waals surface area (Å²) in [5.41, 5.74) is 2.51. The Labute approximate surface area is 130 Å². The SMILES string of the molecule is Fc1cc(Br)ccc1CNc1cccc(-n2cccn2)c1. The third-order valence-electron chi connectivity index (χ3n) is 3.11. The van der Waals surface area contributed by atoms with Crippen LogP contribution in [0.4, 0.5) is 10.1 Å². The molecule has 5 heteroatoms. The summed E-state index contributed by atoms with van der Waals surface area (Å²) in [6.07, 6.45) is 3.62. The van der Waals surface area contributed by atoms with Gasteiger partial charge in [0.2, 0.25) is 0 Å². The van der Waals surface area contributed by atoms with E-state index in [0.717, 1.165) is 15.8 Å². The topological polar surface area (TPSA) is 29.9 Å². The minimum Gasteiger partial charge on any atom is -0.381 e. The Morgan fingerprint density at radius 1 is 1.14 bits per heavy atom. The molecule has 3 nitrogen and oxygen atoms in total. The Hall–Kier alpha value is -2.14. The number of anilines is 1. The van der Waals surface area contributed by atoms with E-state index in [1.165, 1.54) is 6.07 Å². The number of halogens is 2. The Morgan fingerprint density at radius 3 is 2.81 bits per heavy atom. The predicted molar refractivity (Wildman–Crippen MR) is 85.0 cm³/mol. The van der Waals surface area contributed by atoms with Crippen molar-refractivity contribution < 1.29 is 4.39 Å². The molecule has 0 saturated heterocycles. The Morgan fingerprint density at radius 2 is 2.05 bits per heavy atom. The van der Waals surface area contributed by atoms with Crippen LogP contribution >= 0.6 is 15.9 Å². The van der Waals surface area contributed by atoms with Crippen LogP contribution in [0, 0.1) is 5.82 Å². The van der Waals surface area contributed by atoms with E-state index in [1.807, 2.05) is 42.6 Å². The lowest BCUT2D eigenvalue weighted by molar-refractivity contribution is 0.612. The summed E-state index contributed by atoms with van der Waals surface area (Å²) in [7, 11) is 0. The van der Waals surface area contributed by atoms with Gasteiger partial charge in [-0.1, -0.05) is 28.1 Å². The molecule has 0 aliphatic rings. The lowest BCUT2D eigenvalue weighted by Gasteiger charge is -2.09. The average Bonchev–Trinajstić information content (AvgIpc) is 3.01. The first-order valence-electron chi connectivity index (χ1n) is 6.50. The number of nitrogens with one attached hydrogen (secondary N) is 1. The maximum atomic E-state index is 13.8. The van der Waals surface area contributed by atoms with Crippen LogP contribution in [0.5, 0.6) is 0 Å². The van der Waals surface area contributed by atoms with Gasteiger partial charge in [-0.25, -0.2) is 9.07 Å². The number of hydrogen-bond donors (Lipinski definition) is 1. The molecule has 0 atom stereocenters. The number of hydrogen-bond acceptors (Lipinski definition) is 2. The molecule has 0 unspecified atom stereocenters. The molecule has 0 radical (unpaired) electrons. The molecule has 0 spiro atoms. The van der Waals surface area contributed by atoms with Gasteiger partial charge < -0.3 is 5.32 Å². The second kappa shape index (κ2) is 6.10. The number of aromatic nitrogens is 2. The molecule has 1 aromatic heterocycles. The third-order valence-corrected chi connectivity index (χ3v) is 3.61. The molecule has 0 saturated carbocycles. The van der Waals surface area contributed by atoms with Gasteiger partial charge in [0.05, 0.1) is 5.69 Å². The quantitative estimate of drug-likeness (QED) is 0.760. The highest BCUT2D eigenvalue weighted by molar-refractivity contribution is 9.10. The summed E-state index contributed by atoms with van der Waals surface area (Å²) >= 11 is 3.25. The van der Waals surface area contributed by atoms with E-state index >= 15 is 0 Å². The fourth-order valence-corrected chi connectivity index (χ4v) is 2.38. The highest BCUT2D eigenvalue weighted by atomic mass is 79.9. The summed E-state index contributed by atoms with van der Waals surface area (Å²) < 4.78 is 16.3. The molecule has 0 aliphatic carbocycles. The second-order valence-corrected chi connectivity index (χ2v) is 5.51. The maximum absolute atomic E-state index is 13.8. The summed E-state index contributed by atoms with van der Waals surface area (Å²) in [5, 5.41) is 7.42. The van der Waals surface area contributed by atoms with Crippen LogP contribution in [0.3, 0.4) is 0 Å². The second-order valence-electron chi connectivity index (χ2n) is 4.59. The molecule has 3 aromatic rings. The van der Waals surface area contributed by atoms with Gasteiger partial charge in [0, 0.05) is 34.7 Å². The van der Waals surface area contributed by atoms with Crippen LogP contribution in [0.1, 0.15) is 5.56 Å². The molecule has 0 aliphatic heterocycles. The van der Waals surface area contributed by atoms with Gasteiger partial charge in [0.25, 0.3) is 0 Å². The Balaban J connectivity index is 1.75. The van der Waals surface area contributed by atoms with E-state index in [2.05, 4.69) is 26.3 Å². The largest absolute Gasteiger partial charge is 0.381 e. The fraction of sp³-hybridized carbons (Fsp3) is 0.0625. The van der Waals surface area contributed by atoms with E-state index in [0.29, 0.717) is 12.1 Å². The Bertz CT molecular complexity index is 741. The van der Waals surface area contributed by atoms with Crippen molar-refractivity contribution in [2.75, 3.05) is 5.32 Å². The molecule has 3 rings (SSSR count). The highest BCUT2D eigenvalue weighted by Gasteiger charge is 2.03. The highest BCUT2D eigenvalue weighted by Crippen LogP contribution is 2.18. The van der Waals surface area contributed by atoms with E-state index in [1.54, 1.807) is 16.9 Å². The zero-order valence-corrected chi connectivity index (χ0v) is 12.7. The number of nitrogens with zero attached hydrogens (tertiary/aromatic N) is 2. The van der Waals surface area contributed by atoms with E-state index in [9.17, 15) is 4.39 Å². The number of benzene rings is 2. The smallest absolute Gasteiger partial charge is 0.129 e. The first kappa shape index (κ1) is 13.8. The molecule has 106 valence electrons. The van der Waals surface area contributed by atoms with Crippen LogP contribution in [-0.4, -0.2) is 9.78 Å². The summed E-state index contributed by atoms with van der Waals surface area (Å²) in [6, 6.07) is 14.8. The van der Waals surface area contributed by atoms with Crippen molar-refractivity contribution in [3.63, 3.8) is 0 Å². The van der Waals surface area contributed by atoms with Gasteiger partial charge in [-0.15, -0.1) is 0 Å². The van der Waals surface area contributed by atoms with Gasteiger partial charge in [-0.2, -0.15) is 5.10 Å². The molecule has 0 fully saturated rings. The van der Waals surface area contributed by atoms with Crippen LogP contribution < -0.4 is 5.32 Å². The summed E-state index contributed by atoms with van der Waals surface area (Å²) in [5.74, 6) is -0.222. The van der Waals surface area contributed by atoms with Gasteiger partial charge in [-0.3, -0.25) is 0 Å². The standard InChI is InChI=1S/C16H13BrFN3/c17-13-6-5-12(16(18)9-13)11-19-14-3-1-4-15(10-14)21-8-2-7-20-21/h1-10,19H,11H2. The normalized spacial score (nSPS) is 10.6. The fourth-order valence-electron chi connectivity index (χ4n) is 2.04. The summed E-state index contributed by atoms with van der Waals surface area (Å²) in [4.78, 5) is 0. The number of rotatable bonds is 4. The predicted octanol–water partition coefficient (Wildman–Crippen LogP) is 4.39. The van der Waals surface area contributed by atoms with Gasteiger partial charge in [0.1, 0.15) is 5.82 Å². The molecule has 1 N–H and O–H groups in total. The van der Waals surface area contributed by atoms with Crippen molar-refractivity contribution >= 4 is 21.6 Å². The minimum absolute atomic E-state index is 0.222.